The van der Waals surface area contributed by atoms with Crippen molar-refractivity contribution in [2.75, 3.05) is 74.7 Å². The maximum Gasteiger partial charge on any atom is 0.275 e. The van der Waals surface area contributed by atoms with Crippen molar-refractivity contribution < 1.29 is 33.1 Å². The van der Waals surface area contributed by atoms with Crippen LogP contribution in [0.4, 0.5) is 0 Å². The highest BCUT2D eigenvalue weighted by Gasteiger charge is 2.45. The van der Waals surface area contributed by atoms with Crippen LogP contribution in [0.2, 0.25) is 0 Å². The molecule has 0 aromatic carbocycles. The van der Waals surface area contributed by atoms with Crippen molar-refractivity contribution in [2.45, 2.75) is 31.5 Å². The smallest absolute Gasteiger partial charge is 0.275 e. The maximum atomic E-state index is 12.7. The molecule has 5 unspecified atom stereocenters. The van der Waals surface area contributed by atoms with Crippen LogP contribution in [0.5, 0.6) is 0 Å². The number of nitrogens with one attached hydrogen (secondary N) is 1. The predicted octanol–water partition coefficient (Wildman–Crippen LogP) is -0.977. The molecule has 0 saturated carbocycles. The number of nitrogens with zero attached hydrogens (tertiary/aromatic N) is 2. The van der Waals surface area contributed by atoms with Crippen LogP contribution >= 0.6 is 0 Å². The lowest BCUT2D eigenvalue weighted by atomic mass is 9.89. The molecule has 1 amide bonds. The summed E-state index contributed by atoms with van der Waals surface area (Å²) in [4.78, 5) is 12.7. The molecule has 0 spiro atoms. The number of likely N-dealkylation sites (N-methyl/N-ethyl adjacent to an activating group) is 2. The number of carbonyl (C=O) groups is 1. The van der Waals surface area contributed by atoms with Crippen LogP contribution in [0.15, 0.2) is 0 Å². The number of rotatable bonds is 6. The third-order valence-electron chi connectivity index (χ3n) is 6.00. The number of hydrogen-bond donors (Lipinski definition) is 2. The van der Waals surface area contributed by atoms with E-state index in [0.717, 1.165) is 35.1 Å². The summed E-state index contributed by atoms with van der Waals surface area (Å²) in [6.07, 6.45) is -1.70. The first-order chi connectivity index (χ1) is 12.1. The van der Waals surface area contributed by atoms with Crippen LogP contribution in [-0.2, 0) is 19.0 Å². The molecule has 8 heteroatoms. The number of methoxy groups -OCH3 is 2. The summed E-state index contributed by atoms with van der Waals surface area (Å²) in [5, 5.41) is 13.6. The minimum Gasteiger partial charge on any atom is -0.390 e. The van der Waals surface area contributed by atoms with Gasteiger partial charge in [0.25, 0.3) is 5.91 Å². The van der Waals surface area contributed by atoms with Crippen molar-refractivity contribution in [3.8, 4) is 0 Å². The molecule has 0 radical (unpaired) electrons. The molecule has 2 rings (SSSR count). The van der Waals surface area contributed by atoms with Crippen LogP contribution in [0.1, 0.15) is 6.92 Å². The molecule has 5 atom stereocenters. The Morgan fingerprint density at radius 2 is 1.81 bits per heavy atom. The number of aliphatic hydroxyl groups is 1. The number of piperazine rings is 1. The molecule has 0 aromatic rings. The molecular formula is C18H37N3O5+2. The Morgan fingerprint density at radius 1 is 1.19 bits per heavy atom. The van der Waals surface area contributed by atoms with E-state index >= 15 is 0 Å². The van der Waals surface area contributed by atoms with E-state index in [2.05, 4.69) is 26.5 Å². The Balaban J connectivity index is 1.96. The highest BCUT2D eigenvalue weighted by atomic mass is 16.7. The molecule has 2 aliphatic rings. The van der Waals surface area contributed by atoms with Gasteiger partial charge in [-0.1, -0.05) is 6.92 Å². The normalized spacial score (nSPS) is 36.5. The van der Waals surface area contributed by atoms with Gasteiger partial charge in [0.05, 0.1) is 40.0 Å². The van der Waals surface area contributed by atoms with Gasteiger partial charge in [0.15, 0.2) is 12.8 Å². The third-order valence-corrected chi connectivity index (χ3v) is 6.00. The SMILES string of the molecule is COCC1OC(OC)C(NC(=O)C[N+]2(C)CC[N+](C)(C)CC2)C(O)C1C. The molecule has 0 aliphatic carbocycles. The van der Waals surface area contributed by atoms with Gasteiger partial charge in [0.1, 0.15) is 32.2 Å². The average molecular weight is 376 g/mol. The van der Waals surface area contributed by atoms with Crippen LogP contribution < -0.4 is 5.32 Å². The molecule has 2 fully saturated rings. The Bertz CT molecular complexity index is 475. The summed E-state index contributed by atoms with van der Waals surface area (Å²) < 4.78 is 18.1. The van der Waals surface area contributed by atoms with Crippen molar-refractivity contribution in [2.24, 2.45) is 5.92 Å². The number of ether oxygens (including phenoxy) is 3. The van der Waals surface area contributed by atoms with E-state index in [-0.39, 0.29) is 17.9 Å². The fraction of sp³-hybridized carbons (Fsp3) is 0.944. The quantitative estimate of drug-likeness (QED) is 0.584. The van der Waals surface area contributed by atoms with Gasteiger partial charge in [0.2, 0.25) is 0 Å². The van der Waals surface area contributed by atoms with E-state index in [1.165, 1.54) is 7.11 Å². The molecule has 0 aromatic heterocycles. The van der Waals surface area contributed by atoms with Crippen molar-refractivity contribution in [3.05, 3.63) is 0 Å². The summed E-state index contributed by atoms with van der Waals surface area (Å²) in [6.45, 7) is 6.70. The standard InChI is InChI=1S/C18H36N3O5/c1-13-14(12-24-5)26-18(25-6)16(17(13)23)19-15(22)11-21(4)9-7-20(2,3)8-10-21/h13-14,16-18,23H,7-12H2,1-6H3/q+1/p+1. The highest BCUT2D eigenvalue weighted by Crippen LogP contribution is 2.27. The molecule has 8 nitrogen and oxygen atoms in total. The molecule has 2 aliphatic heterocycles. The van der Waals surface area contributed by atoms with Gasteiger partial charge in [-0.25, -0.2) is 0 Å². The van der Waals surface area contributed by atoms with Crippen molar-refractivity contribution in [3.63, 3.8) is 0 Å². The Kier molecular flexibility index (Phi) is 7.04. The molecule has 2 heterocycles. The molecule has 2 saturated heterocycles. The third kappa shape index (κ3) is 5.15. The zero-order chi connectivity index (χ0) is 19.5. The zero-order valence-electron chi connectivity index (χ0n) is 17.1. The Labute approximate surface area is 157 Å². The monoisotopic (exact) mass is 375 g/mol. The van der Waals surface area contributed by atoms with Gasteiger partial charge in [-0.2, -0.15) is 0 Å². The summed E-state index contributed by atoms with van der Waals surface area (Å²) in [7, 11) is 9.69. The number of carbonyl (C=O) groups excluding carboxylic acids is 1. The van der Waals surface area contributed by atoms with Gasteiger partial charge in [-0.15, -0.1) is 0 Å². The van der Waals surface area contributed by atoms with Gasteiger partial charge in [0, 0.05) is 20.1 Å². The summed E-state index contributed by atoms with van der Waals surface area (Å²) in [6, 6.07) is -0.584. The second kappa shape index (κ2) is 8.50. The minimum atomic E-state index is -0.750. The lowest BCUT2D eigenvalue weighted by Crippen LogP contribution is -2.66. The fourth-order valence-electron chi connectivity index (χ4n) is 3.78. The predicted molar refractivity (Wildman–Crippen MR) is 97.3 cm³/mol. The molecular weight excluding hydrogens is 338 g/mol. The van der Waals surface area contributed by atoms with E-state index in [1.54, 1.807) is 7.11 Å². The Morgan fingerprint density at radius 3 is 2.35 bits per heavy atom. The second-order valence-electron chi connectivity index (χ2n) is 8.78. The number of hydrogen-bond acceptors (Lipinski definition) is 5. The topological polar surface area (TPSA) is 77.0 Å². The maximum absolute atomic E-state index is 12.7. The van der Waals surface area contributed by atoms with Crippen LogP contribution in [0.3, 0.4) is 0 Å². The minimum absolute atomic E-state index is 0.0770. The van der Waals surface area contributed by atoms with Crippen molar-refractivity contribution >= 4 is 5.91 Å². The largest absolute Gasteiger partial charge is 0.390 e. The van der Waals surface area contributed by atoms with E-state index in [0.29, 0.717) is 13.2 Å². The second-order valence-corrected chi connectivity index (χ2v) is 8.78. The molecule has 0 bridgehead atoms. The van der Waals surface area contributed by atoms with Crippen LogP contribution in [0, 0.1) is 5.92 Å². The zero-order valence-corrected chi connectivity index (χ0v) is 17.1. The highest BCUT2D eigenvalue weighted by molar-refractivity contribution is 5.77. The fourth-order valence-corrected chi connectivity index (χ4v) is 3.78. The van der Waals surface area contributed by atoms with Crippen molar-refractivity contribution in [1.82, 2.24) is 5.32 Å². The lowest BCUT2D eigenvalue weighted by molar-refractivity contribution is -1.00. The Hall–Kier alpha value is -0.770. The van der Waals surface area contributed by atoms with E-state index in [9.17, 15) is 9.90 Å². The van der Waals surface area contributed by atoms with E-state index in [4.69, 9.17) is 14.2 Å². The number of amides is 1. The molecule has 152 valence electrons. The van der Waals surface area contributed by atoms with E-state index in [1.807, 2.05) is 6.92 Å². The van der Waals surface area contributed by atoms with Crippen LogP contribution in [0.25, 0.3) is 0 Å². The first kappa shape index (κ1) is 21.5. The van der Waals surface area contributed by atoms with Crippen LogP contribution in [-0.4, -0.2) is 119 Å². The molecule has 2 N–H and O–H groups in total. The first-order valence-corrected chi connectivity index (χ1v) is 9.41. The number of aliphatic hydroxyl groups excluding tert-OH is 1. The summed E-state index contributed by atoms with van der Waals surface area (Å²) in [5.74, 6) is -0.240. The molecule has 26 heavy (non-hydrogen) atoms. The number of quaternary nitrogens is 2. The van der Waals surface area contributed by atoms with Crippen molar-refractivity contribution in [1.29, 1.82) is 0 Å². The van der Waals surface area contributed by atoms with E-state index < -0.39 is 18.4 Å². The van der Waals surface area contributed by atoms with Gasteiger partial charge in [-0.3, -0.25) is 4.79 Å². The van der Waals surface area contributed by atoms with Gasteiger partial charge < -0.3 is 33.6 Å². The lowest BCUT2D eigenvalue weighted by Gasteiger charge is -2.45. The van der Waals surface area contributed by atoms with Gasteiger partial charge >= 0.3 is 0 Å². The first-order valence-electron chi connectivity index (χ1n) is 9.41. The summed E-state index contributed by atoms with van der Waals surface area (Å²) >= 11 is 0. The summed E-state index contributed by atoms with van der Waals surface area (Å²) in [5.41, 5.74) is 0. The van der Waals surface area contributed by atoms with Gasteiger partial charge in [-0.05, 0) is 0 Å². The average Bonchev–Trinajstić information content (AvgIpc) is 2.58.